The Labute approximate surface area is 151 Å². The van der Waals surface area contributed by atoms with Gasteiger partial charge in [0.15, 0.2) is 6.61 Å². The van der Waals surface area contributed by atoms with Crippen LogP contribution in [0.1, 0.15) is 19.3 Å². The van der Waals surface area contributed by atoms with E-state index in [9.17, 15) is 9.59 Å². The zero-order valence-electron chi connectivity index (χ0n) is 13.7. The zero-order valence-corrected chi connectivity index (χ0v) is 14.5. The Balaban J connectivity index is 1.79. The van der Waals surface area contributed by atoms with Crippen molar-refractivity contribution < 1.29 is 19.4 Å². The Bertz CT molecular complexity index is 719. The molecule has 0 saturated carbocycles. The molecule has 0 aliphatic heterocycles. The predicted molar refractivity (Wildman–Crippen MR) is 96.9 cm³/mol. The summed E-state index contributed by atoms with van der Waals surface area (Å²) in [5.74, 6) is -0.649. The van der Waals surface area contributed by atoms with Gasteiger partial charge < -0.3 is 15.2 Å². The van der Waals surface area contributed by atoms with E-state index in [2.05, 4.69) is 5.32 Å². The quantitative estimate of drug-likeness (QED) is 0.667. The van der Waals surface area contributed by atoms with Gasteiger partial charge in [-0.2, -0.15) is 0 Å². The molecule has 0 unspecified atom stereocenters. The van der Waals surface area contributed by atoms with E-state index in [4.69, 9.17) is 21.4 Å². The van der Waals surface area contributed by atoms with Crippen LogP contribution in [0.2, 0.25) is 5.02 Å². The highest BCUT2D eigenvalue weighted by Gasteiger charge is 2.07. The van der Waals surface area contributed by atoms with Crippen LogP contribution in [0.25, 0.3) is 11.1 Å². The summed E-state index contributed by atoms with van der Waals surface area (Å²) >= 11 is 6.23. The van der Waals surface area contributed by atoms with Gasteiger partial charge in [-0.05, 0) is 36.1 Å². The molecule has 1 amide bonds. The maximum atomic E-state index is 11.7. The monoisotopic (exact) mass is 361 g/mol. The van der Waals surface area contributed by atoms with Crippen molar-refractivity contribution in [2.75, 3.05) is 13.2 Å². The molecule has 6 heteroatoms. The second-order valence-electron chi connectivity index (χ2n) is 5.50. The molecule has 0 fully saturated rings. The molecule has 0 aliphatic carbocycles. The molecule has 132 valence electrons. The number of benzene rings is 2. The Morgan fingerprint density at radius 3 is 2.48 bits per heavy atom. The maximum Gasteiger partial charge on any atom is 0.303 e. The second kappa shape index (κ2) is 9.69. The molecule has 2 rings (SSSR count). The minimum atomic E-state index is -0.830. The fourth-order valence-corrected chi connectivity index (χ4v) is 2.49. The van der Waals surface area contributed by atoms with E-state index < -0.39 is 5.97 Å². The first kappa shape index (κ1) is 18.8. The number of unbranched alkanes of at least 4 members (excludes halogenated alkanes) is 1. The SMILES string of the molecule is O=C(O)CCCCNC(=O)COc1ccc(-c2ccccc2)cc1Cl. The van der Waals surface area contributed by atoms with Crippen LogP contribution in [0.4, 0.5) is 0 Å². The fraction of sp³-hybridized carbons (Fsp3) is 0.263. The average molecular weight is 362 g/mol. The zero-order chi connectivity index (χ0) is 18.1. The van der Waals surface area contributed by atoms with Crippen LogP contribution in [0.3, 0.4) is 0 Å². The highest BCUT2D eigenvalue weighted by molar-refractivity contribution is 6.32. The van der Waals surface area contributed by atoms with Crippen LogP contribution in [-0.4, -0.2) is 30.1 Å². The Hall–Kier alpha value is -2.53. The number of carboxylic acids is 1. The van der Waals surface area contributed by atoms with Gasteiger partial charge in [0.2, 0.25) is 0 Å². The highest BCUT2D eigenvalue weighted by Crippen LogP contribution is 2.30. The molecule has 0 bridgehead atoms. The van der Waals surface area contributed by atoms with E-state index in [1.54, 1.807) is 12.1 Å². The van der Waals surface area contributed by atoms with E-state index >= 15 is 0 Å². The Morgan fingerprint density at radius 2 is 1.80 bits per heavy atom. The standard InChI is InChI=1S/C19H20ClNO4/c20-16-12-15(14-6-2-1-3-7-14)9-10-17(16)25-13-18(22)21-11-5-4-8-19(23)24/h1-3,6-7,9-10,12H,4-5,8,11,13H2,(H,21,22)(H,23,24). The molecule has 0 heterocycles. The predicted octanol–water partition coefficient (Wildman–Crippen LogP) is 3.76. The van der Waals surface area contributed by atoms with Crippen molar-refractivity contribution in [3.63, 3.8) is 0 Å². The van der Waals surface area contributed by atoms with Crippen molar-refractivity contribution in [2.24, 2.45) is 0 Å². The van der Waals surface area contributed by atoms with E-state index in [1.165, 1.54) is 0 Å². The number of hydrogen-bond donors (Lipinski definition) is 2. The number of carbonyl (C=O) groups excluding carboxylic acids is 1. The van der Waals surface area contributed by atoms with Gasteiger partial charge in [-0.3, -0.25) is 9.59 Å². The minimum Gasteiger partial charge on any atom is -0.482 e. The molecule has 0 aliphatic rings. The summed E-state index contributed by atoms with van der Waals surface area (Å²) in [6.07, 6.45) is 1.25. The van der Waals surface area contributed by atoms with Crippen molar-refractivity contribution in [1.29, 1.82) is 0 Å². The number of aliphatic carboxylic acids is 1. The molecule has 0 aromatic heterocycles. The van der Waals surface area contributed by atoms with E-state index in [1.807, 2.05) is 36.4 Å². The number of hydrogen-bond acceptors (Lipinski definition) is 3. The molecule has 0 spiro atoms. The molecule has 25 heavy (non-hydrogen) atoms. The molecular weight excluding hydrogens is 342 g/mol. The number of carbonyl (C=O) groups is 2. The molecule has 0 radical (unpaired) electrons. The summed E-state index contributed by atoms with van der Waals surface area (Å²) in [5.41, 5.74) is 2.02. The van der Waals surface area contributed by atoms with E-state index in [0.717, 1.165) is 11.1 Å². The van der Waals surface area contributed by atoms with Gasteiger partial charge in [0.25, 0.3) is 5.91 Å². The lowest BCUT2D eigenvalue weighted by atomic mass is 10.1. The van der Waals surface area contributed by atoms with E-state index in [-0.39, 0.29) is 18.9 Å². The molecular formula is C19H20ClNO4. The number of carboxylic acid groups (broad SMARTS) is 1. The first-order valence-corrected chi connectivity index (χ1v) is 8.40. The molecule has 5 nitrogen and oxygen atoms in total. The van der Waals surface area contributed by atoms with E-state index in [0.29, 0.717) is 30.2 Å². The fourth-order valence-electron chi connectivity index (χ4n) is 2.25. The van der Waals surface area contributed by atoms with Gasteiger partial charge in [0.1, 0.15) is 5.75 Å². The van der Waals surface area contributed by atoms with Crippen LogP contribution in [-0.2, 0) is 9.59 Å². The lowest BCUT2D eigenvalue weighted by Gasteiger charge is -2.10. The topological polar surface area (TPSA) is 75.6 Å². The number of nitrogens with one attached hydrogen (secondary N) is 1. The number of ether oxygens (including phenoxy) is 1. The average Bonchev–Trinajstić information content (AvgIpc) is 2.61. The second-order valence-corrected chi connectivity index (χ2v) is 5.91. The summed E-state index contributed by atoms with van der Waals surface area (Å²) in [5, 5.41) is 11.7. The first-order chi connectivity index (χ1) is 12.1. The Morgan fingerprint density at radius 1 is 1.04 bits per heavy atom. The molecule has 0 atom stereocenters. The van der Waals surface area contributed by atoms with Crippen LogP contribution >= 0.6 is 11.6 Å². The minimum absolute atomic E-state index is 0.107. The maximum absolute atomic E-state index is 11.7. The van der Waals surface area contributed by atoms with Crippen LogP contribution in [0.5, 0.6) is 5.75 Å². The van der Waals surface area contributed by atoms with Gasteiger partial charge in [0.05, 0.1) is 5.02 Å². The summed E-state index contributed by atoms with van der Waals surface area (Å²) < 4.78 is 5.45. The number of amides is 1. The molecule has 2 aromatic rings. The third-order valence-corrected chi connectivity index (χ3v) is 3.83. The van der Waals surface area contributed by atoms with Gasteiger partial charge in [-0.1, -0.05) is 48.0 Å². The van der Waals surface area contributed by atoms with Gasteiger partial charge in [0, 0.05) is 13.0 Å². The first-order valence-electron chi connectivity index (χ1n) is 8.02. The van der Waals surface area contributed by atoms with Crippen molar-refractivity contribution in [2.45, 2.75) is 19.3 Å². The summed E-state index contributed by atoms with van der Waals surface area (Å²) in [7, 11) is 0. The molecule has 2 N–H and O–H groups in total. The lowest BCUT2D eigenvalue weighted by molar-refractivity contribution is -0.137. The summed E-state index contributed by atoms with van der Waals surface area (Å²) in [6, 6.07) is 15.3. The summed E-state index contributed by atoms with van der Waals surface area (Å²) in [6.45, 7) is 0.291. The normalized spacial score (nSPS) is 10.3. The highest BCUT2D eigenvalue weighted by atomic mass is 35.5. The number of halogens is 1. The van der Waals surface area contributed by atoms with Crippen molar-refractivity contribution >= 4 is 23.5 Å². The largest absolute Gasteiger partial charge is 0.482 e. The van der Waals surface area contributed by atoms with Crippen molar-refractivity contribution in [3.8, 4) is 16.9 Å². The third kappa shape index (κ3) is 6.47. The van der Waals surface area contributed by atoms with Crippen LogP contribution < -0.4 is 10.1 Å². The Kier molecular flexibility index (Phi) is 7.29. The van der Waals surface area contributed by atoms with Gasteiger partial charge >= 0.3 is 5.97 Å². The lowest BCUT2D eigenvalue weighted by Crippen LogP contribution is -2.29. The van der Waals surface area contributed by atoms with Crippen LogP contribution in [0.15, 0.2) is 48.5 Å². The number of rotatable bonds is 9. The van der Waals surface area contributed by atoms with Crippen molar-refractivity contribution in [3.05, 3.63) is 53.6 Å². The van der Waals surface area contributed by atoms with Gasteiger partial charge in [-0.25, -0.2) is 0 Å². The van der Waals surface area contributed by atoms with Crippen LogP contribution in [0, 0.1) is 0 Å². The van der Waals surface area contributed by atoms with Crippen molar-refractivity contribution in [1.82, 2.24) is 5.32 Å². The molecule has 0 saturated heterocycles. The van der Waals surface area contributed by atoms with Gasteiger partial charge in [-0.15, -0.1) is 0 Å². The molecule has 2 aromatic carbocycles. The smallest absolute Gasteiger partial charge is 0.303 e. The summed E-state index contributed by atoms with van der Waals surface area (Å²) in [4.78, 5) is 22.1. The third-order valence-electron chi connectivity index (χ3n) is 3.54.